The van der Waals surface area contributed by atoms with Gasteiger partial charge in [0.1, 0.15) is 0 Å². The van der Waals surface area contributed by atoms with Gasteiger partial charge in [0, 0.05) is 30.7 Å². The first-order valence-corrected chi connectivity index (χ1v) is 6.11. The molecule has 1 saturated heterocycles. The zero-order valence-corrected chi connectivity index (χ0v) is 9.74. The largest absolute Gasteiger partial charge is 0.350 e. The third-order valence-electron chi connectivity index (χ3n) is 3.66. The summed E-state index contributed by atoms with van der Waals surface area (Å²) < 4.78 is 2.25. The van der Waals surface area contributed by atoms with Gasteiger partial charge in [-0.1, -0.05) is 18.2 Å². The number of aryl methyl sites for hydroxylation is 1. The molecule has 0 radical (unpaired) electrons. The van der Waals surface area contributed by atoms with Crippen LogP contribution < -0.4 is 5.32 Å². The first-order valence-electron chi connectivity index (χ1n) is 6.11. The second kappa shape index (κ2) is 3.95. The molecule has 0 amide bonds. The van der Waals surface area contributed by atoms with Gasteiger partial charge in [0.15, 0.2) is 0 Å². The SMILES string of the molecule is Cn1cc(C2CCCNC2)c2ccccc21. The number of rotatable bonds is 1. The summed E-state index contributed by atoms with van der Waals surface area (Å²) in [4.78, 5) is 0. The molecule has 1 fully saturated rings. The predicted octanol–water partition coefficient (Wildman–Crippen LogP) is 2.65. The Hall–Kier alpha value is -1.28. The summed E-state index contributed by atoms with van der Waals surface area (Å²) in [5.41, 5.74) is 2.87. The number of hydrogen-bond acceptors (Lipinski definition) is 1. The first kappa shape index (κ1) is 9.91. The Kier molecular flexibility index (Phi) is 2.44. The number of piperidine rings is 1. The van der Waals surface area contributed by atoms with E-state index in [1.165, 1.54) is 35.9 Å². The third kappa shape index (κ3) is 1.54. The highest BCUT2D eigenvalue weighted by atomic mass is 14.9. The average molecular weight is 214 g/mol. The molecule has 1 aromatic carbocycles. The van der Waals surface area contributed by atoms with Gasteiger partial charge >= 0.3 is 0 Å². The maximum Gasteiger partial charge on any atom is 0.0480 e. The van der Waals surface area contributed by atoms with Crippen LogP contribution in [-0.2, 0) is 7.05 Å². The van der Waals surface area contributed by atoms with E-state index in [0.717, 1.165) is 6.54 Å². The molecular formula is C14H18N2. The molecule has 1 unspecified atom stereocenters. The Morgan fingerprint density at radius 1 is 1.31 bits per heavy atom. The maximum atomic E-state index is 3.50. The number of aromatic nitrogens is 1. The van der Waals surface area contributed by atoms with Gasteiger partial charge in [0.2, 0.25) is 0 Å². The normalized spacial score (nSPS) is 21.4. The van der Waals surface area contributed by atoms with E-state index in [1.54, 1.807) is 0 Å². The van der Waals surface area contributed by atoms with Crippen LogP contribution in [0.5, 0.6) is 0 Å². The highest BCUT2D eigenvalue weighted by molar-refractivity contribution is 5.84. The van der Waals surface area contributed by atoms with E-state index in [2.05, 4.69) is 47.4 Å². The molecule has 2 heterocycles. The molecular weight excluding hydrogens is 196 g/mol. The molecule has 3 rings (SSSR count). The molecule has 0 bridgehead atoms. The highest BCUT2D eigenvalue weighted by Crippen LogP contribution is 2.30. The second-order valence-electron chi connectivity index (χ2n) is 4.76. The Morgan fingerprint density at radius 2 is 2.19 bits per heavy atom. The summed E-state index contributed by atoms with van der Waals surface area (Å²) in [6.07, 6.45) is 4.93. The van der Waals surface area contributed by atoms with Gasteiger partial charge in [-0.2, -0.15) is 0 Å². The van der Waals surface area contributed by atoms with Gasteiger partial charge in [-0.15, -0.1) is 0 Å². The quantitative estimate of drug-likeness (QED) is 0.772. The molecule has 16 heavy (non-hydrogen) atoms. The van der Waals surface area contributed by atoms with Crippen LogP contribution in [0.4, 0.5) is 0 Å². The lowest BCUT2D eigenvalue weighted by Gasteiger charge is -2.22. The molecule has 2 nitrogen and oxygen atoms in total. The number of hydrogen-bond donors (Lipinski definition) is 1. The van der Waals surface area contributed by atoms with Gasteiger partial charge in [0.05, 0.1) is 0 Å². The molecule has 1 atom stereocenters. The van der Waals surface area contributed by atoms with Gasteiger partial charge < -0.3 is 9.88 Å². The van der Waals surface area contributed by atoms with Gasteiger partial charge in [-0.3, -0.25) is 0 Å². The van der Waals surface area contributed by atoms with Crippen molar-refractivity contribution in [3.63, 3.8) is 0 Å². The van der Waals surface area contributed by atoms with Crippen molar-refractivity contribution in [1.29, 1.82) is 0 Å². The third-order valence-corrected chi connectivity index (χ3v) is 3.66. The van der Waals surface area contributed by atoms with E-state index in [9.17, 15) is 0 Å². The van der Waals surface area contributed by atoms with E-state index < -0.39 is 0 Å². The van der Waals surface area contributed by atoms with Crippen LogP contribution in [0.3, 0.4) is 0 Å². The van der Waals surface area contributed by atoms with Crippen LogP contribution in [0.25, 0.3) is 10.9 Å². The van der Waals surface area contributed by atoms with E-state index in [1.807, 2.05) is 0 Å². The molecule has 2 aromatic rings. The summed E-state index contributed by atoms with van der Waals surface area (Å²) in [5, 5.41) is 4.93. The first-order chi connectivity index (χ1) is 7.86. The standard InChI is InChI=1S/C14H18N2/c1-16-10-13(11-5-4-8-15-9-11)12-6-2-3-7-14(12)16/h2-3,6-7,10-11,15H,4-5,8-9H2,1H3. The molecule has 1 N–H and O–H groups in total. The van der Waals surface area contributed by atoms with Gasteiger partial charge in [0.25, 0.3) is 0 Å². The lowest BCUT2D eigenvalue weighted by molar-refractivity contribution is 0.463. The summed E-state index contributed by atoms with van der Waals surface area (Å²) in [6.45, 7) is 2.31. The zero-order chi connectivity index (χ0) is 11.0. The van der Waals surface area contributed by atoms with Crippen LogP contribution in [0.2, 0.25) is 0 Å². The maximum absolute atomic E-state index is 3.50. The van der Waals surface area contributed by atoms with Crippen LogP contribution >= 0.6 is 0 Å². The van der Waals surface area contributed by atoms with Crippen molar-refractivity contribution < 1.29 is 0 Å². The lowest BCUT2D eigenvalue weighted by Crippen LogP contribution is -2.28. The second-order valence-corrected chi connectivity index (χ2v) is 4.76. The monoisotopic (exact) mass is 214 g/mol. The van der Waals surface area contributed by atoms with E-state index in [4.69, 9.17) is 0 Å². The van der Waals surface area contributed by atoms with E-state index in [0.29, 0.717) is 5.92 Å². The lowest BCUT2D eigenvalue weighted by atomic mass is 9.91. The van der Waals surface area contributed by atoms with Crippen LogP contribution in [0, 0.1) is 0 Å². The Bertz CT molecular complexity index is 492. The van der Waals surface area contributed by atoms with Crippen molar-refractivity contribution in [2.24, 2.45) is 7.05 Å². The molecule has 1 aliphatic rings. The van der Waals surface area contributed by atoms with Crippen molar-refractivity contribution in [2.45, 2.75) is 18.8 Å². The van der Waals surface area contributed by atoms with Crippen LogP contribution in [0.15, 0.2) is 30.5 Å². The fraction of sp³-hybridized carbons (Fsp3) is 0.429. The topological polar surface area (TPSA) is 17.0 Å². The number of para-hydroxylation sites is 1. The number of nitrogens with one attached hydrogen (secondary N) is 1. The number of fused-ring (bicyclic) bond motifs is 1. The molecule has 0 spiro atoms. The minimum absolute atomic E-state index is 0.694. The van der Waals surface area contributed by atoms with E-state index in [-0.39, 0.29) is 0 Å². The minimum atomic E-state index is 0.694. The molecule has 0 aliphatic carbocycles. The number of nitrogens with zero attached hydrogens (tertiary/aromatic N) is 1. The minimum Gasteiger partial charge on any atom is -0.350 e. The Labute approximate surface area is 96.3 Å². The number of benzene rings is 1. The zero-order valence-electron chi connectivity index (χ0n) is 9.74. The summed E-state index contributed by atoms with van der Waals surface area (Å²) in [6, 6.07) is 8.71. The molecule has 1 aromatic heterocycles. The van der Waals surface area contributed by atoms with Gasteiger partial charge in [-0.05, 0) is 36.9 Å². The molecule has 2 heteroatoms. The van der Waals surface area contributed by atoms with Crippen molar-refractivity contribution in [3.05, 3.63) is 36.0 Å². The van der Waals surface area contributed by atoms with Crippen LogP contribution in [0.1, 0.15) is 24.3 Å². The summed E-state index contributed by atoms with van der Waals surface area (Å²) in [7, 11) is 2.14. The van der Waals surface area contributed by atoms with Gasteiger partial charge in [-0.25, -0.2) is 0 Å². The fourth-order valence-electron chi connectivity index (χ4n) is 2.82. The molecule has 1 aliphatic heterocycles. The van der Waals surface area contributed by atoms with Crippen molar-refractivity contribution >= 4 is 10.9 Å². The summed E-state index contributed by atoms with van der Waals surface area (Å²) in [5.74, 6) is 0.694. The average Bonchev–Trinajstić information content (AvgIpc) is 2.69. The van der Waals surface area contributed by atoms with Crippen molar-refractivity contribution in [1.82, 2.24) is 9.88 Å². The smallest absolute Gasteiger partial charge is 0.0480 e. The van der Waals surface area contributed by atoms with Crippen LogP contribution in [-0.4, -0.2) is 17.7 Å². The highest BCUT2D eigenvalue weighted by Gasteiger charge is 2.18. The predicted molar refractivity (Wildman–Crippen MR) is 67.8 cm³/mol. The Balaban J connectivity index is 2.08. The molecule has 84 valence electrons. The van der Waals surface area contributed by atoms with Crippen molar-refractivity contribution in [3.8, 4) is 0 Å². The molecule has 0 saturated carbocycles. The van der Waals surface area contributed by atoms with E-state index >= 15 is 0 Å². The Morgan fingerprint density at radius 3 is 3.00 bits per heavy atom. The fourth-order valence-corrected chi connectivity index (χ4v) is 2.82. The van der Waals surface area contributed by atoms with Crippen molar-refractivity contribution in [2.75, 3.05) is 13.1 Å². The summed E-state index contributed by atoms with van der Waals surface area (Å²) >= 11 is 0.